The van der Waals surface area contributed by atoms with Gasteiger partial charge in [-0.1, -0.05) is 12.2 Å². The van der Waals surface area contributed by atoms with Crippen molar-refractivity contribution in [1.82, 2.24) is 0 Å². The van der Waals surface area contributed by atoms with Crippen LogP contribution in [0.25, 0.3) is 0 Å². The molecule has 4 heterocycles. The minimum absolute atomic E-state index is 0.00323. The Hall–Kier alpha value is 1.36. The van der Waals surface area contributed by atoms with Crippen molar-refractivity contribution in [3.63, 3.8) is 0 Å². The molecular weight excluding hydrogens is 1410 g/mol. The molecule has 3 fully saturated rings. The Labute approximate surface area is 468 Å². The van der Waals surface area contributed by atoms with Crippen LogP contribution in [0.1, 0.15) is 19.3 Å². The average molecular weight is 1440 g/mol. The van der Waals surface area contributed by atoms with Gasteiger partial charge in [-0.3, -0.25) is 44.8 Å². The second-order valence-electron chi connectivity index (χ2n) is 14.8. The van der Waals surface area contributed by atoms with Crippen LogP contribution in [0.2, 0.25) is 0 Å². The summed E-state index contributed by atoms with van der Waals surface area (Å²) < 4.78 is 191. The van der Waals surface area contributed by atoms with Gasteiger partial charge >= 0.3 is 23.5 Å². The van der Waals surface area contributed by atoms with E-state index in [2.05, 4.69) is 52.6 Å². The molecule has 480 valence electrons. The zero-order valence-corrected chi connectivity index (χ0v) is 50.3. The third-order valence-corrected chi connectivity index (χ3v) is 22.7. The first-order valence-corrected chi connectivity index (χ1v) is 37.7. The zero-order valence-electron chi connectivity index (χ0n) is 39.6. The molecule has 83 heavy (non-hydrogen) atoms. The van der Waals surface area contributed by atoms with Crippen LogP contribution in [0.5, 0.6) is 0 Å². The molecule has 0 aromatic rings. The Morgan fingerprint density at radius 1 is 0.422 bits per heavy atom. The summed E-state index contributed by atoms with van der Waals surface area (Å²) in [5, 5.41) is 28.0. The van der Waals surface area contributed by atoms with Crippen molar-refractivity contribution in [3.8, 4) is 0 Å². The van der Waals surface area contributed by atoms with Crippen LogP contribution in [0.15, 0.2) is 12.2 Å². The number of phosphoric ester groups is 4. The maximum atomic E-state index is 11.3. The van der Waals surface area contributed by atoms with Gasteiger partial charge in [-0.15, -0.1) is 0 Å². The molecule has 8 radical (unpaired) electrons. The van der Waals surface area contributed by atoms with Gasteiger partial charge in [0.05, 0.1) is 74.3 Å². The van der Waals surface area contributed by atoms with Gasteiger partial charge in [0.15, 0.2) is 0 Å². The zero-order chi connectivity index (χ0) is 65.0. The van der Waals surface area contributed by atoms with E-state index in [1.807, 2.05) is 0 Å². The van der Waals surface area contributed by atoms with E-state index in [1.54, 1.807) is 0 Å². The van der Waals surface area contributed by atoms with E-state index in [0.29, 0.717) is 12.8 Å². The number of ether oxygens (including phenoxy) is 4. The number of hydrogen-bond donors (Lipinski definition) is 7. The quantitative estimate of drug-likeness (QED) is 0.0217. The maximum absolute atomic E-state index is 11.3. The molecule has 3 saturated heterocycles. The molecule has 4 rings (SSSR count). The SMILES string of the molecule is [B]C1C=CC(COP(=O)(O)OP(=O)(O)OP(=O)(O)O)O1.[B]C1CC(O)C(COP(=O)([O-])OP(=O)([O-])OP(=O)([O-])[O-])O1.[B]C1CCC(COP(=O)([O-])OP(=O)([O-])OP(=O)([O-])[O-])O1.[B]C1OC(COP(=O)([O-])OP(=O)([O-])OP(=O)([O-])[O-])C(O)C1O. The Kier molecular flexibility index (Phi) is 32.5. The van der Waals surface area contributed by atoms with E-state index in [0.717, 1.165) is 0 Å². The van der Waals surface area contributed by atoms with Crippen LogP contribution in [0.4, 0.5) is 0 Å². The summed E-state index contributed by atoms with van der Waals surface area (Å²) in [5.74, 6) is 0. The Morgan fingerprint density at radius 2 is 0.843 bits per heavy atom. The third-order valence-electron chi connectivity index (χ3n) is 7.87. The first-order valence-electron chi connectivity index (χ1n) is 20.1. The molecule has 7 N–H and O–H groups in total. The van der Waals surface area contributed by atoms with Crippen LogP contribution >= 0.6 is 93.9 Å². The van der Waals surface area contributed by atoms with Gasteiger partial charge in [-0.25, -0.2) is 26.6 Å². The van der Waals surface area contributed by atoms with Gasteiger partial charge in [0.2, 0.25) is 0 Å². The van der Waals surface area contributed by atoms with Crippen molar-refractivity contribution in [2.45, 2.75) is 86.0 Å². The van der Waals surface area contributed by atoms with E-state index in [1.165, 1.54) is 12.2 Å². The maximum Gasteiger partial charge on any atom is 0.490 e. The summed E-state index contributed by atoms with van der Waals surface area (Å²) in [6.07, 6.45) is -4.72. The number of phosphoric acid groups is 12. The molecule has 19 atom stereocenters. The van der Waals surface area contributed by atoms with Crippen molar-refractivity contribution in [2.24, 2.45) is 0 Å². The second kappa shape index (κ2) is 32.8. The lowest BCUT2D eigenvalue weighted by atomic mass is 9.93. The highest BCUT2D eigenvalue weighted by Gasteiger charge is 2.42. The van der Waals surface area contributed by atoms with Crippen LogP contribution < -0.4 is 58.7 Å². The molecule has 0 aromatic carbocycles. The fourth-order valence-corrected chi connectivity index (χ4v) is 16.8. The number of aliphatic hydroxyl groups excluding tert-OH is 3. The summed E-state index contributed by atoms with van der Waals surface area (Å²) in [6.45, 7) is -2.99. The first-order chi connectivity index (χ1) is 36.8. The summed E-state index contributed by atoms with van der Waals surface area (Å²) in [4.78, 5) is 161. The van der Waals surface area contributed by atoms with Crippen molar-refractivity contribution >= 4 is 125 Å². The molecule has 0 aromatic heterocycles. The van der Waals surface area contributed by atoms with E-state index in [4.69, 9.17) is 69.9 Å². The lowest BCUT2D eigenvalue weighted by Gasteiger charge is -2.37. The molecule has 63 heteroatoms. The normalized spacial score (nSPS) is 31.7. The largest absolute Gasteiger partial charge is 0.790 e. The molecule has 0 aliphatic carbocycles. The summed E-state index contributed by atoms with van der Waals surface area (Å²) in [6, 6.07) is -3.50. The molecule has 4 aliphatic heterocycles. The molecule has 0 saturated carbocycles. The fourth-order valence-electron chi connectivity index (χ4n) is 5.13. The van der Waals surface area contributed by atoms with Gasteiger partial charge < -0.3 is 140 Å². The highest BCUT2D eigenvalue weighted by atomic mass is 31.3. The highest BCUT2D eigenvalue weighted by molar-refractivity contribution is 7.67. The Bertz CT molecular complexity index is 2750. The topological polar surface area (TPSA) is 771 Å². The van der Waals surface area contributed by atoms with Crippen molar-refractivity contribution in [1.29, 1.82) is 0 Å². The van der Waals surface area contributed by atoms with Crippen molar-refractivity contribution < 1.29 is 220 Å². The van der Waals surface area contributed by atoms with Crippen LogP contribution in [-0.4, -0.2) is 159 Å². The van der Waals surface area contributed by atoms with Gasteiger partial charge in [-0.2, -0.15) is 8.62 Å². The number of hydrogen-bond acceptors (Lipinski definition) is 43. The summed E-state index contributed by atoms with van der Waals surface area (Å²) in [7, 11) is -47.6. The van der Waals surface area contributed by atoms with Gasteiger partial charge in [0.1, 0.15) is 49.7 Å². The van der Waals surface area contributed by atoms with Crippen LogP contribution in [-0.2, 0) is 126 Å². The minimum Gasteiger partial charge on any atom is -0.790 e. The van der Waals surface area contributed by atoms with E-state index < -0.39 is 187 Å². The summed E-state index contributed by atoms with van der Waals surface area (Å²) >= 11 is 0. The Balaban J connectivity index is 0.000000554. The standard InChI is InChI=1S/C5H12BO13P3.C5H12BO12P3.C5H12BO11P3.C5H10BO11P3/c6-5-4(8)3(7)2(17-5)1-16-21(12,13)19-22(14,15)18-20(9,10)11;6-5-1-3(7)4(16-5)2-15-20(11,12)18-21(13,14)17-19(8,9)10;2*6-5-2-1-4(15-5)3-14-19(10,11)17-20(12,13)16-18(7,8)9/h2-5,7-8H,1H2,(H,12,13)(H,14,15)(H2,9,10,11);3-5,7H,1-2H2,(H,11,12)(H,13,14)(H2,8,9,10);4-5H,1-3H2,(H,10,11)(H,12,13)(H2,7,8,9);1-2,4-5H,3H2,(H,10,11)(H,12,13)(H2,7,8,9)/p-12. The van der Waals surface area contributed by atoms with Crippen LogP contribution in [0.3, 0.4) is 0 Å². The number of aliphatic hydroxyl groups is 3. The Morgan fingerprint density at radius 3 is 1.17 bits per heavy atom. The molecular formula is C20H34B4O47P12-12. The van der Waals surface area contributed by atoms with Gasteiger partial charge in [0, 0.05) is 24.0 Å². The molecule has 0 amide bonds. The number of rotatable bonds is 28. The lowest BCUT2D eigenvalue weighted by molar-refractivity contribution is -0.342. The highest BCUT2D eigenvalue weighted by Crippen LogP contribution is 2.67. The lowest BCUT2D eigenvalue weighted by Crippen LogP contribution is -2.34. The minimum atomic E-state index is -6.07. The monoisotopic (exact) mass is 1440 g/mol. The molecule has 19 unspecified atom stereocenters. The predicted octanol–water partition coefficient (Wildman–Crippen LogP) is -10.9. The van der Waals surface area contributed by atoms with Crippen LogP contribution in [0, 0.1) is 0 Å². The van der Waals surface area contributed by atoms with Crippen molar-refractivity contribution in [2.75, 3.05) is 26.4 Å². The van der Waals surface area contributed by atoms with Gasteiger partial charge in [-0.05, 0) is 19.3 Å². The van der Waals surface area contributed by atoms with Gasteiger partial charge in [0.25, 0.3) is 46.9 Å². The smallest absolute Gasteiger partial charge is 0.490 e. The second-order valence-corrected chi connectivity index (χ2v) is 32.0. The van der Waals surface area contributed by atoms with E-state index in [-0.39, 0.29) is 6.42 Å². The summed E-state index contributed by atoms with van der Waals surface area (Å²) in [5.41, 5.74) is 0. The third kappa shape index (κ3) is 38.7. The molecule has 0 spiro atoms. The van der Waals surface area contributed by atoms with E-state index in [9.17, 15) is 129 Å². The fraction of sp³-hybridized carbons (Fsp3) is 0.900. The molecule has 0 bridgehead atoms. The predicted molar refractivity (Wildman–Crippen MR) is 231 cm³/mol. The first kappa shape index (κ1) is 82.4. The van der Waals surface area contributed by atoms with Crippen molar-refractivity contribution in [3.05, 3.63) is 12.2 Å². The molecule has 47 nitrogen and oxygen atoms in total. The van der Waals surface area contributed by atoms with E-state index >= 15 is 0 Å². The molecule has 4 aliphatic rings. The average Bonchev–Trinajstić information content (AvgIpc) is 3.97.